The van der Waals surface area contributed by atoms with Gasteiger partial charge in [0.25, 0.3) is 0 Å². The van der Waals surface area contributed by atoms with Crippen molar-refractivity contribution in [3.63, 3.8) is 0 Å². The van der Waals surface area contributed by atoms with E-state index in [9.17, 15) is 4.79 Å². The van der Waals surface area contributed by atoms with Gasteiger partial charge in [0.1, 0.15) is 6.04 Å². The predicted molar refractivity (Wildman–Crippen MR) is 66.9 cm³/mol. The number of ether oxygens (including phenoxy) is 2. The molecule has 1 rings (SSSR count). The average Bonchev–Trinajstić information content (AvgIpc) is 3.11. The predicted octanol–water partition coefficient (Wildman–Crippen LogP) is 1.73. The number of esters is 1. The van der Waals surface area contributed by atoms with Gasteiger partial charge in [0, 0.05) is 13.2 Å². The van der Waals surface area contributed by atoms with Crippen molar-refractivity contribution >= 4 is 5.97 Å². The minimum atomic E-state index is -0.221. The molecule has 0 saturated heterocycles. The van der Waals surface area contributed by atoms with Crippen LogP contribution in [0, 0.1) is 5.92 Å². The lowest BCUT2D eigenvalue weighted by atomic mass is 10.2. The molecule has 0 aromatic rings. The first-order valence-electron chi connectivity index (χ1n) is 6.75. The standard InChI is InChI=1S/C13H25NO3/c1-3-14-12(13(15)17-4-2)8-10-16-9-7-11-5-6-11/h11-12,14H,3-10H2,1-2H3. The summed E-state index contributed by atoms with van der Waals surface area (Å²) < 4.78 is 10.5. The Balaban J connectivity index is 2.06. The van der Waals surface area contributed by atoms with Crippen molar-refractivity contribution in [2.45, 2.75) is 45.6 Å². The summed E-state index contributed by atoms with van der Waals surface area (Å²) in [6, 6.07) is -0.221. The fourth-order valence-electron chi connectivity index (χ4n) is 1.75. The van der Waals surface area contributed by atoms with E-state index in [-0.39, 0.29) is 12.0 Å². The Morgan fingerprint density at radius 2 is 2.12 bits per heavy atom. The van der Waals surface area contributed by atoms with Crippen LogP contribution in [0.5, 0.6) is 0 Å². The first kappa shape index (κ1) is 14.5. The molecule has 1 aliphatic rings. The maximum Gasteiger partial charge on any atom is 0.323 e. The summed E-state index contributed by atoms with van der Waals surface area (Å²) in [6.07, 6.45) is 4.60. The fourth-order valence-corrected chi connectivity index (χ4v) is 1.75. The SMILES string of the molecule is CCNC(CCOCCC1CC1)C(=O)OCC. The number of hydrogen-bond acceptors (Lipinski definition) is 4. The summed E-state index contributed by atoms with van der Waals surface area (Å²) in [4.78, 5) is 11.6. The summed E-state index contributed by atoms with van der Waals surface area (Å²) >= 11 is 0. The van der Waals surface area contributed by atoms with Crippen molar-refractivity contribution in [3.8, 4) is 0 Å². The molecule has 0 bridgehead atoms. The van der Waals surface area contributed by atoms with Crippen molar-refractivity contribution in [1.82, 2.24) is 5.32 Å². The van der Waals surface area contributed by atoms with Gasteiger partial charge in [0.15, 0.2) is 0 Å². The van der Waals surface area contributed by atoms with E-state index in [0.717, 1.165) is 19.1 Å². The number of rotatable bonds is 10. The highest BCUT2D eigenvalue weighted by molar-refractivity contribution is 5.75. The molecular formula is C13H25NO3. The van der Waals surface area contributed by atoms with E-state index in [1.807, 2.05) is 13.8 Å². The van der Waals surface area contributed by atoms with Gasteiger partial charge in [-0.25, -0.2) is 0 Å². The summed E-state index contributed by atoms with van der Waals surface area (Å²) in [6.45, 7) is 6.47. The van der Waals surface area contributed by atoms with Crippen LogP contribution < -0.4 is 5.32 Å². The third-order valence-electron chi connectivity index (χ3n) is 2.94. The summed E-state index contributed by atoms with van der Waals surface area (Å²) in [7, 11) is 0. The van der Waals surface area contributed by atoms with Crippen LogP contribution in [0.4, 0.5) is 0 Å². The highest BCUT2D eigenvalue weighted by Crippen LogP contribution is 2.32. The lowest BCUT2D eigenvalue weighted by Crippen LogP contribution is -2.38. The molecule has 0 radical (unpaired) electrons. The van der Waals surface area contributed by atoms with Gasteiger partial charge in [-0.1, -0.05) is 19.8 Å². The highest BCUT2D eigenvalue weighted by Gasteiger charge is 2.21. The minimum absolute atomic E-state index is 0.167. The van der Waals surface area contributed by atoms with E-state index < -0.39 is 0 Å². The van der Waals surface area contributed by atoms with E-state index in [2.05, 4.69) is 5.32 Å². The third-order valence-corrected chi connectivity index (χ3v) is 2.94. The molecule has 0 aliphatic heterocycles. The van der Waals surface area contributed by atoms with Crippen molar-refractivity contribution in [2.75, 3.05) is 26.4 Å². The Labute approximate surface area is 104 Å². The second-order valence-electron chi connectivity index (χ2n) is 4.50. The summed E-state index contributed by atoms with van der Waals surface area (Å²) in [5.74, 6) is 0.741. The lowest BCUT2D eigenvalue weighted by Gasteiger charge is -2.16. The number of hydrogen-bond donors (Lipinski definition) is 1. The van der Waals surface area contributed by atoms with Gasteiger partial charge in [-0.3, -0.25) is 4.79 Å². The molecule has 1 saturated carbocycles. The van der Waals surface area contributed by atoms with Gasteiger partial charge in [0.05, 0.1) is 6.61 Å². The fraction of sp³-hybridized carbons (Fsp3) is 0.923. The quantitative estimate of drug-likeness (QED) is 0.469. The van der Waals surface area contributed by atoms with Crippen molar-refractivity contribution in [2.24, 2.45) is 5.92 Å². The van der Waals surface area contributed by atoms with Crippen LogP contribution in [0.2, 0.25) is 0 Å². The Bertz CT molecular complexity index is 217. The highest BCUT2D eigenvalue weighted by atomic mass is 16.5. The Hall–Kier alpha value is -0.610. The summed E-state index contributed by atoms with van der Waals surface area (Å²) in [5, 5.41) is 3.12. The smallest absolute Gasteiger partial charge is 0.323 e. The van der Waals surface area contributed by atoms with E-state index in [0.29, 0.717) is 19.6 Å². The third kappa shape index (κ3) is 6.64. The molecule has 4 heteroatoms. The molecule has 1 atom stereocenters. The molecule has 0 aromatic carbocycles. The molecule has 0 amide bonds. The minimum Gasteiger partial charge on any atom is -0.465 e. The zero-order valence-electron chi connectivity index (χ0n) is 11.0. The van der Waals surface area contributed by atoms with Gasteiger partial charge >= 0.3 is 5.97 Å². The molecule has 100 valence electrons. The first-order chi connectivity index (χ1) is 8.27. The van der Waals surface area contributed by atoms with Crippen molar-refractivity contribution in [1.29, 1.82) is 0 Å². The zero-order valence-corrected chi connectivity index (χ0v) is 11.0. The van der Waals surface area contributed by atoms with Crippen molar-refractivity contribution < 1.29 is 14.3 Å². The monoisotopic (exact) mass is 243 g/mol. The van der Waals surface area contributed by atoms with Crippen molar-refractivity contribution in [3.05, 3.63) is 0 Å². The van der Waals surface area contributed by atoms with Crippen LogP contribution in [0.25, 0.3) is 0 Å². The van der Waals surface area contributed by atoms with Crippen LogP contribution >= 0.6 is 0 Å². The van der Waals surface area contributed by atoms with E-state index in [4.69, 9.17) is 9.47 Å². The second kappa shape index (κ2) is 8.48. The molecule has 0 aromatic heterocycles. The molecular weight excluding hydrogens is 218 g/mol. The largest absolute Gasteiger partial charge is 0.465 e. The summed E-state index contributed by atoms with van der Waals surface area (Å²) in [5.41, 5.74) is 0. The topological polar surface area (TPSA) is 47.6 Å². The molecule has 4 nitrogen and oxygen atoms in total. The number of carbonyl (C=O) groups excluding carboxylic acids is 1. The van der Waals surface area contributed by atoms with Crippen LogP contribution in [0.1, 0.15) is 39.5 Å². The molecule has 17 heavy (non-hydrogen) atoms. The van der Waals surface area contributed by atoms with Gasteiger partial charge < -0.3 is 14.8 Å². The van der Waals surface area contributed by atoms with E-state index >= 15 is 0 Å². The first-order valence-corrected chi connectivity index (χ1v) is 6.75. The van der Waals surface area contributed by atoms with Gasteiger partial charge in [-0.15, -0.1) is 0 Å². The van der Waals surface area contributed by atoms with Gasteiger partial charge in [0.2, 0.25) is 0 Å². The molecule has 0 heterocycles. The Kier molecular flexibility index (Phi) is 7.21. The molecule has 1 fully saturated rings. The average molecular weight is 243 g/mol. The van der Waals surface area contributed by atoms with Gasteiger partial charge in [-0.05, 0) is 32.2 Å². The number of nitrogens with one attached hydrogen (secondary N) is 1. The Morgan fingerprint density at radius 1 is 1.35 bits per heavy atom. The molecule has 1 unspecified atom stereocenters. The van der Waals surface area contributed by atoms with Crippen LogP contribution in [-0.2, 0) is 14.3 Å². The molecule has 1 N–H and O–H groups in total. The lowest BCUT2D eigenvalue weighted by molar-refractivity contribution is -0.146. The normalized spacial score (nSPS) is 16.8. The molecule has 1 aliphatic carbocycles. The van der Waals surface area contributed by atoms with E-state index in [1.54, 1.807) is 0 Å². The maximum atomic E-state index is 11.6. The molecule has 0 spiro atoms. The van der Waals surface area contributed by atoms with Crippen LogP contribution in [0.15, 0.2) is 0 Å². The Morgan fingerprint density at radius 3 is 2.71 bits per heavy atom. The maximum absolute atomic E-state index is 11.6. The number of carbonyl (C=O) groups is 1. The van der Waals surface area contributed by atoms with E-state index in [1.165, 1.54) is 19.3 Å². The van der Waals surface area contributed by atoms with Gasteiger partial charge in [-0.2, -0.15) is 0 Å². The van der Waals surface area contributed by atoms with Crippen LogP contribution in [-0.4, -0.2) is 38.4 Å². The number of likely N-dealkylation sites (N-methyl/N-ethyl adjacent to an activating group) is 1. The second-order valence-corrected chi connectivity index (χ2v) is 4.50. The van der Waals surface area contributed by atoms with Crippen LogP contribution in [0.3, 0.4) is 0 Å². The zero-order chi connectivity index (χ0) is 12.5.